The maximum Gasteiger partial charge on any atom is 0.302 e. The third kappa shape index (κ3) is 4.17. The lowest BCUT2D eigenvalue weighted by atomic mass is 9.95. The second kappa shape index (κ2) is 8.67. The molecule has 0 heterocycles. The Labute approximate surface area is 188 Å². The summed E-state index contributed by atoms with van der Waals surface area (Å²) >= 11 is 0. The van der Waals surface area contributed by atoms with E-state index in [0.717, 1.165) is 17.6 Å². The maximum absolute atomic E-state index is 13.6. The average Bonchev–Trinajstić information content (AvgIpc) is 3.38. The van der Waals surface area contributed by atoms with E-state index in [9.17, 15) is 21.6 Å². The number of rotatable bonds is 8. The van der Waals surface area contributed by atoms with E-state index < -0.39 is 30.2 Å². The molecule has 4 rings (SSSR count). The number of hydrogen-bond acceptors (Lipinski definition) is 6. The number of esters is 1. The summed E-state index contributed by atoms with van der Waals surface area (Å²) < 4.78 is 58.0. The first-order valence-corrected chi connectivity index (χ1v) is 13.4. The number of benzene rings is 2. The Hall–Kier alpha value is -2.71. The van der Waals surface area contributed by atoms with Crippen molar-refractivity contribution in [1.29, 1.82) is 0 Å². The normalized spacial score (nSPS) is 20.2. The third-order valence-electron chi connectivity index (χ3n) is 6.04. The Balaban J connectivity index is 1.81. The van der Waals surface area contributed by atoms with E-state index in [0.29, 0.717) is 0 Å². The Morgan fingerprint density at radius 1 is 0.844 bits per heavy atom. The molecule has 0 aliphatic heterocycles. The van der Waals surface area contributed by atoms with Crippen LogP contribution in [0.25, 0.3) is 0 Å². The van der Waals surface area contributed by atoms with Crippen LogP contribution in [0.4, 0.5) is 0 Å². The van der Waals surface area contributed by atoms with Crippen molar-refractivity contribution in [2.45, 2.75) is 34.1 Å². The molecule has 2 aliphatic rings. The Morgan fingerprint density at radius 2 is 1.31 bits per heavy atom. The number of hydrogen-bond donors (Lipinski definition) is 0. The molecule has 6 nitrogen and oxygen atoms in total. The van der Waals surface area contributed by atoms with E-state index in [1.165, 1.54) is 31.2 Å². The molecular weight excluding hydrogens is 448 g/mol. The van der Waals surface area contributed by atoms with Gasteiger partial charge in [0.2, 0.25) is 0 Å². The van der Waals surface area contributed by atoms with Crippen LogP contribution in [0.3, 0.4) is 0 Å². The second-order valence-corrected chi connectivity index (χ2v) is 12.6. The van der Waals surface area contributed by atoms with Crippen LogP contribution in [-0.2, 0) is 29.2 Å². The quantitative estimate of drug-likeness (QED) is 0.429. The van der Waals surface area contributed by atoms with Gasteiger partial charge in [0, 0.05) is 19.3 Å². The molecule has 2 bridgehead atoms. The van der Waals surface area contributed by atoms with Gasteiger partial charge in [-0.15, -0.1) is 0 Å². The first-order valence-electron chi connectivity index (χ1n) is 10.3. The highest BCUT2D eigenvalue weighted by molar-refractivity contribution is 8.09. The number of ether oxygens (including phenoxy) is 1. The molecule has 2 aromatic carbocycles. The Kier molecular flexibility index (Phi) is 6.09. The fourth-order valence-corrected chi connectivity index (χ4v) is 8.92. The lowest BCUT2D eigenvalue weighted by Gasteiger charge is -2.23. The molecule has 2 aromatic rings. The molecule has 2 unspecified atom stereocenters. The van der Waals surface area contributed by atoms with Gasteiger partial charge in [-0.25, -0.2) is 16.8 Å². The minimum Gasteiger partial charge on any atom is -0.461 e. The third-order valence-corrected chi connectivity index (χ3v) is 11.1. The predicted octanol–water partition coefficient (Wildman–Crippen LogP) is 3.72. The van der Waals surface area contributed by atoms with Crippen LogP contribution in [0.1, 0.15) is 19.8 Å². The summed E-state index contributed by atoms with van der Waals surface area (Å²) in [4.78, 5) is 11.3. The molecule has 2 aliphatic carbocycles. The molecule has 0 radical (unpaired) electrons. The smallest absolute Gasteiger partial charge is 0.302 e. The van der Waals surface area contributed by atoms with Crippen LogP contribution in [0.15, 0.2) is 93.8 Å². The number of carbonyl (C=O) groups is 1. The monoisotopic (exact) mass is 472 g/mol. The molecule has 168 valence electrons. The summed E-state index contributed by atoms with van der Waals surface area (Å²) in [6.07, 6.45) is 4.57. The maximum atomic E-state index is 13.6. The summed E-state index contributed by atoms with van der Waals surface area (Å²) in [6, 6.07) is 15.3. The molecule has 8 heteroatoms. The van der Waals surface area contributed by atoms with E-state index in [1.54, 1.807) is 36.4 Å². The SMILES string of the molecule is CC(=O)OCC1=C(CC(S(=O)(=O)c2ccccc2)S(=O)(=O)c2ccccc2)C2C=CC1C2. The standard InChI is InChI=1S/C24H24O6S2/c1-17(25)30-16-23-19-13-12-18(14-19)22(23)15-24(31(26,27)20-8-4-2-5-9-20)32(28,29)21-10-6-3-7-11-21/h2-13,18-19,24H,14-16H2,1H3. The zero-order valence-electron chi connectivity index (χ0n) is 17.5. The van der Waals surface area contributed by atoms with Crippen LogP contribution in [-0.4, -0.2) is 34.0 Å². The minimum absolute atomic E-state index is 0.0360. The van der Waals surface area contributed by atoms with Crippen molar-refractivity contribution in [2.24, 2.45) is 11.8 Å². The van der Waals surface area contributed by atoms with Crippen LogP contribution < -0.4 is 0 Å². The Morgan fingerprint density at radius 3 is 1.78 bits per heavy atom. The van der Waals surface area contributed by atoms with Crippen LogP contribution in [0, 0.1) is 11.8 Å². The molecule has 0 fully saturated rings. The zero-order chi connectivity index (χ0) is 22.9. The predicted molar refractivity (Wildman–Crippen MR) is 120 cm³/mol. The van der Waals surface area contributed by atoms with Crippen LogP contribution >= 0.6 is 0 Å². The summed E-state index contributed by atoms with van der Waals surface area (Å²) in [5.74, 6) is -0.451. The fraction of sp³-hybridized carbons (Fsp3) is 0.292. The highest BCUT2D eigenvalue weighted by Gasteiger charge is 2.44. The van der Waals surface area contributed by atoms with Crippen molar-refractivity contribution in [3.63, 3.8) is 0 Å². The van der Waals surface area contributed by atoms with Crippen molar-refractivity contribution in [3.05, 3.63) is 84.0 Å². The number of fused-ring (bicyclic) bond motifs is 2. The van der Waals surface area contributed by atoms with E-state index >= 15 is 0 Å². The Bertz CT molecular complexity index is 1210. The topological polar surface area (TPSA) is 94.6 Å². The summed E-state index contributed by atoms with van der Waals surface area (Å²) in [5.41, 5.74) is 1.55. The summed E-state index contributed by atoms with van der Waals surface area (Å²) in [6.45, 7) is 1.35. The lowest BCUT2D eigenvalue weighted by molar-refractivity contribution is -0.140. The van der Waals surface area contributed by atoms with Crippen molar-refractivity contribution in [3.8, 4) is 0 Å². The van der Waals surface area contributed by atoms with Crippen LogP contribution in [0.5, 0.6) is 0 Å². The van der Waals surface area contributed by atoms with Crippen molar-refractivity contribution >= 4 is 25.6 Å². The molecule has 32 heavy (non-hydrogen) atoms. The number of carbonyl (C=O) groups excluding carboxylic acids is 1. The molecule has 0 saturated carbocycles. The zero-order valence-corrected chi connectivity index (χ0v) is 19.2. The average molecular weight is 473 g/mol. The van der Waals surface area contributed by atoms with Crippen LogP contribution in [0.2, 0.25) is 0 Å². The van der Waals surface area contributed by atoms with Gasteiger partial charge in [-0.1, -0.05) is 54.1 Å². The van der Waals surface area contributed by atoms with Gasteiger partial charge in [0.05, 0.1) is 9.79 Å². The van der Waals surface area contributed by atoms with Crippen molar-refractivity contribution < 1.29 is 26.4 Å². The largest absolute Gasteiger partial charge is 0.461 e. The van der Waals surface area contributed by atoms with Gasteiger partial charge in [0.1, 0.15) is 6.61 Å². The van der Waals surface area contributed by atoms with E-state index in [2.05, 4.69) is 0 Å². The van der Waals surface area contributed by atoms with E-state index in [-0.39, 0.29) is 34.7 Å². The van der Waals surface area contributed by atoms with Crippen molar-refractivity contribution in [2.75, 3.05) is 6.61 Å². The van der Waals surface area contributed by atoms with Gasteiger partial charge < -0.3 is 4.74 Å². The fourth-order valence-electron chi connectivity index (χ4n) is 4.44. The summed E-state index contributed by atoms with van der Waals surface area (Å²) in [7, 11) is -8.44. The first-order chi connectivity index (χ1) is 15.2. The molecule has 0 saturated heterocycles. The summed E-state index contributed by atoms with van der Waals surface area (Å²) in [5, 5.41) is 0. The highest BCUT2D eigenvalue weighted by Crippen LogP contribution is 2.47. The first kappa shape index (κ1) is 22.5. The molecule has 0 spiro atoms. The van der Waals surface area contributed by atoms with Crippen molar-refractivity contribution in [1.82, 2.24) is 0 Å². The van der Waals surface area contributed by atoms with Gasteiger partial charge >= 0.3 is 5.97 Å². The van der Waals surface area contributed by atoms with Gasteiger partial charge in [-0.3, -0.25) is 4.79 Å². The van der Waals surface area contributed by atoms with E-state index in [1.807, 2.05) is 12.2 Å². The molecule has 0 aromatic heterocycles. The van der Waals surface area contributed by atoms with Gasteiger partial charge in [-0.05, 0) is 42.2 Å². The second-order valence-electron chi connectivity index (χ2n) is 8.01. The molecule has 0 amide bonds. The molecule has 2 atom stereocenters. The van der Waals surface area contributed by atoms with E-state index in [4.69, 9.17) is 4.74 Å². The number of allylic oxidation sites excluding steroid dienone is 3. The minimum atomic E-state index is -4.22. The molecular formula is C24H24O6S2. The van der Waals surface area contributed by atoms with Gasteiger partial charge in [0.15, 0.2) is 24.3 Å². The van der Waals surface area contributed by atoms with Gasteiger partial charge in [0.25, 0.3) is 0 Å². The highest BCUT2D eigenvalue weighted by atomic mass is 32.3. The molecule has 0 N–H and O–H groups in total. The van der Waals surface area contributed by atoms with Gasteiger partial charge in [-0.2, -0.15) is 0 Å². The lowest BCUT2D eigenvalue weighted by Crippen LogP contribution is -2.32. The number of sulfone groups is 2.